The lowest BCUT2D eigenvalue weighted by Gasteiger charge is -2.04. The number of carbonyl (C=O) groups excluding carboxylic acids is 1. The Balaban J connectivity index is 1.72. The second-order valence-electron chi connectivity index (χ2n) is 11.2. The van der Waals surface area contributed by atoms with E-state index in [9.17, 15) is 9.90 Å². The van der Waals surface area contributed by atoms with Crippen LogP contribution in [0.2, 0.25) is 0 Å². The number of benzene rings is 1. The Labute approximate surface area is 235 Å². The van der Waals surface area contributed by atoms with Crippen molar-refractivity contribution in [1.29, 1.82) is 0 Å². The standard InChI is InChI=1S/C35H60O3/c1-2-3-4-5-6-7-8-9-10-11-12-13-14-15-16-17-18-19-20-21-22-23-24-27-35(37)38-32-25-26-33-28-30-34(36)31-29-33/h25-26,28-31,36H,2-24,27,32H2,1H3. The van der Waals surface area contributed by atoms with E-state index in [1.165, 1.54) is 135 Å². The summed E-state index contributed by atoms with van der Waals surface area (Å²) in [5.74, 6) is 0.146. The quantitative estimate of drug-likeness (QED) is 0.0912. The maximum Gasteiger partial charge on any atom is 0.306 e. The molecular formula is C35H60O3. The number of ether oxygens (including phenoxy) is 1. The summed E-state index contributed by atoms with van der Waals surface area (Å²) in [4.78, 5) is 11.8. The van der Waals surface area contributed by atoms with Gasteiger partial charge >= 0.3 is 5.97 Å². The van der Waals surface area contributed by atoms with E-state index < -0.39 is 0 Å². The molecule has 0 aliphatic heterocycles. The van der Waals surface area contributed by atoms with E-state index >= 15 is 0 Å². The molecule has 1 rings (SSSR count). The Hall–Kier alpha value is -1.77. The number of rotatable bonds is 27. The molecular weight excluding hydrogens is 468 g/mol. The van der Waals surface area contributed by atoms with E-state index in [1.807, 2.05) is 24.3 Å². The van der Waals surface area contributed by atoms with Gasteiger partial charge in [-0.25, -0.2) is 0 Å². The van der Waals surface area contributed by atoms with Crippen LogP contribution < -0.4 is 0 Å². The first-order chi connectivity index (χ1) is 18.7. The summed E-state index contributed by atoms with van der Waals surface area (Å²) in [6.07, 6.45) is 36.0. The number of aromatic hydroxyl groups is 1. The van der Waals surface area contributed by atoms with Crippen molar-refractivity contribution < 1.29 is 14.6 Å². The zero-order valence-corrected chi connectivity index (χ0v) is 24.9. The molecule has 218 valence electrons. The van der Waals surface area contributed by atoms with Crippen LogP contribution >= 0.6 is 0 Å². The lowest BCUT2D eigenvalue weighted by molar-refractivity contribution is -0.142. The third-order valence-corrected chi connectivity index (χ3v) is 7.53. The van der Waals surface area contributed by atoms with Crippen LogP contribution in [-0.2, 0) is 9.53 Å². The van der Waals surface area contributed by atoms with Crippen molar-refractivity contribution in [2.45, 2.75) is 161 Å². The Morgan fingerprint density at radius 2 is 0.974 bits per heavy atom. The first kappa shape index (κ1) is 34.3. The van der Waals surface area contributed by atoms with Gasteiger partial charge in [0.2, 0.25) is 0 Å². The Morgan fingerprint density at radius 3 is 1.37 bits per heavy atom. The van der Waals surface area contributed by atoms with Gasteiger partial charge in [0.15, 0.2) is 0 Å². The van der Waals surface area contributed by atoms with Crippen LogP contribution in [0.15, 0.2) is 30.3 Å². The average molecular weight is 529 g/mol. The smallest absolute Gasteiger partial charge is 0.306 e. The lowest BCUT2D eigenvalue weighted by Crippen LogP contribution is -2.03. The monoisotopic (exact) mass is 528 g/mol. The number of unbranched alkanes of at least 4 members (excludes halogenated alkanes) is 22. The number of hydrogen-bond acceptors (Lipinski definition) is 3. The second kappa shape index (κ2) is 26.8. The summed E-state index contributed by atoms with van der Waals surface area (Å²) in [6.45, 7) is 2.60. The minimum Gasteiger partial charge on any atom is -0.508 e. The highest BCUT2D eigenvalue weighted by Gasteiger charge is 2.01. The third kappa shape index (κ3) is 23.4. The van der Waals surface area contributed by atoms with Crippen LogP contribution in [0.1, 0.15) is 167 Å². The fourth-order valence-electron chi connectivity index (χ4n) is 5.04. The van der Waals surface area contributed by atoms with Gasteiger partial charge in [-0.15, -0.1) is 0 Å². The highest BCUT2D eigenvalue weighted by Crippen LogP contribution is 2.16. The largest absolute Gasteiger partial charge is 0.508 e. The van der Waals surface area contributed by atoms with Crippen LogP contribution in [0.5, 0.6) is 5.75 Å². The molecule has 0 bridgehead atoms. The normalized spacial score (nSPS) is 11.4. The second-order valence-corrected chi connectivity index (χ2v) is 11.2. The van der Waals surface area contributed by atoms with Crippen LogP contribution in [0.25, 0.3) is 6.08 Å². The first-order valence-electron chi connectivity index (χ1n) is 16.3. The van der Waals surface area contributed by atoms with E-state index in [4.69, 9.17) is 4.74 Å². The molecule has 0 fully saturated rings. The van der Waals surface area contributed by atoms with Crippen LogP contribution in [0.4, 0.5) is 0 Å². The topological polar surface area (TPSA) is 46.5 Å². The molecule has 38 heavy (non-hydrogen) atoms. The van der Waals surface area contributed by atoms with Gasteiger partial charge in [0.1, 0.15) is 12.4 Å². The highest BCUT2D eigenvalue weighted by atomic mass is 16.5. The molecule has 0 saturated heterocycles. The van der Waals surface area contributed by atoms with E-state index in [0.29, 0.717) is 13.0 Å². The van der Waals surface area contributed by atoms with Gasteiger partial charge in [-0.05, 0) is 30.2 Å². The molecule has 0 aliphatic carbocycles. The van der Waals surface area contributed by atoms with Gasteiger partial charge < -0.3 is 9.84 Å². The van der Waals surface area contributed by atoms with Crippen molar-refractivity contribution in [2.75, 3.05) is 6.61 Å². The first-order valence-corrected chi connectivity index (χ1v) is 16.3. The van der Waals surface area contributed by atoms with Crippen LogP contribution in [0.3, 0.4) is 0 Å². The zero-order valence-electron chi connectivity index (χ0n) is 24.9. The summed E-state index contributed by atoms with van der Waals surface area (Å²) < 4.78 is 5.26. The van der Waals surface area contributed by atoms with Crippen molar-refractivity contribution in [2.24, 2.45) is 0 Å². The maximum absolute atomic E-state index is 11.8. The van der Waals surface area contributed by atoms with E-state index in [-0.39, 0.29) is 11.7 Å². The predicted octanol–water partition coefficient (Wildman–Crippen LogP) is 11.3. The fraction of sp³-hybridized carbons (Fsp3) is 0.743. The van der Waals surface area contributed by atoms with Crippen LogP contribution in [-0.4, -0.2) is 17.7 Å². The summed E-state index contributed by atoms with van der Waals surface area (Å²) in [5, 5.41) is 9.28. The van der Waals surface area contributed by atoms with E-state index in [1.54, 1.807) is 12.1 Å². The van der Waals surface area contributed by atoms with Gasteiger partial charge in [0.05, 0.1) is 0 Å². The maximum atomic E-state index is 11.8. The molecule has 1 aromatic carbocycles. The van der Waals surface area contributed by atoms with Crippen molar-refractivity contribution in [1.82, 2.24) is 0 Å². The van der Waals surface area contributed by atoms with Gasteiger partial charge in [-0.1, -0.05) is 166 Å². The van der Waals surface area contributed by atoms with E-state index in [2.05, 4.69) is 6.92 Å². The zero-order chi connectivity index (χ0) is 27.4. The van der Waals surface area contributed by atoms with Crippen molar-refractivity contribution in [3.63, 3.8) is 0 Å². The minimum absolute atomic E-state index is 0.108. The van der Waals surface area contributed by atoms with Gasteiger partial charge in [-0.2, -0.15) is 0 Å². The van der Waals surface area contributed by atoms with E-state index in [0.717, 1.165) is 18.4 Å². The van der Waals surface area contributed by atoms with Crippen molar-refractivity contribution >= 4 is 12.0 Å². The minimum atomic E-state index is -0.108. The SMILES string of the molecule is CCCCCCCCCCCCCCCCCCCCCCCCCC(=O)OCC=Cc1ccc(O)cc1. The molecule has 0 heterocycles. The molecule has 1 aromatic rings. The Bertz CT molecular complexity index is 664. The van der Waals surface area contributed by atoms with Crippen LogP contribution in [0, 0.1) is 0 Å². The Morgan fingerprint density at radius 1 is 0.605 bits per heavy atom. The molecule has 0 spiro atoms. The molecule has 3 heteroatoms. The van der Waals surface area contributed by atoms with Crippen molar-refractivity contribution in [3.05, 3.63) is 35.9 Å². The molecule has 0 aliphatic rings. The molecule has 0 saturated carbocycles. The molecule has 0 unspecified atom stereocenters. The van der Waals surface area contributed by atoms with Gasteiger partial charge in [-0.3, -0.25) is 4.79 Å². The van der Waals surface area contributed by atoms with Gasteiger partial charge in [0, 0.05) is 6.42 Å². The Kier molecular flexibility index (Phi) is 24.2. The molecule has 1 N–H and O–H groups in total. The number of hydrogen-bond donors (Lipinski definition) is 1. The number of carbonyl (C=O) groups is 1. The number of phenolic OH excluding ortho intramolecular Hbond substituents is 1. The highest BCUT2D eigenvalue weighted by molar-refractivity contribution is 5.69. The van der Waals surface area contributed by atoms with Crippen molar-refractivity contribution in [3.8, 4) is 5.75 Å². The number of phenols is 1. The molecule has 0 radical (unpaired) electrons. The third-order valence-electron chi connectivity index (χ3n) is 7.53. The average Bonchev–Trinajstić information content (AvgIpc) is 2.92. The van der Waals surface area contributed by atoms with Gasteiger partial charge in [0.25, 0.3) is 0 Å². The predicted molar refractivity (Wildman–Crippen MR) is 165 cm³/mol. The molecule has 0 atom stereocenters. The summed E-state index contributed by atoms with van der Waals surface area (Å²) in [5.41, 5.74) is 0.980. The fourth-order valence-corrected chi connectivity index (χ4v) is 5.04. The summed E-state index contributed by atoms with van der Waals surface area (Å²) in [7, 11) is 0. The lowest BCUT2D eigenvalue weighted by atomic mass is 10.0. The molecule has 3 nitrogen and oxygen atoms in total. The summed E-state index contributed by atoms with van der Waals surface area (Å²) in [6, 6.07) is 6.95. The number of esters is 1. The molecule has 0 aromatic heterocycles. The summed E-state index contributed by atoms with van der Waals surface area (Å²) >= 11 is 0. The molecule has 0 amide bonds.